The van der Waals surface area contributed by atoms with E-state index in [9.17, 15) is 4.79 Å². The lowest BCUT2D eigenvalue weighted by atomic mass is 10.1. The molecule has 1 rings (SSSR count). The molecule has 0 spiro atoms. The molecule has 1 aliphatic heterocycles. The first-order valence-corrected chi connectivity index (χ1v) is 4.36. The summed E-state index contributed by atoms with van der Waals surface area (Å²) in [5, 5.41) is 3.29. The van der Waals surface area contributed by atoms with Gasteiger partial charge in [0.25, 0.3) is 0 Å². The molecule has 2 atom stereocenters. The predicted octanol–water partition coefficient (Wildman–Crippen LogP) is -0.846. The second kappa shape index (κ2) is 3.87. The lowest BCUT2D eigenvalue weighted by Crippen LogP contribution is -2.56. The topological polar surface area (TPSA) is 58.4 Å². The second-order valence-corrected chi connectivity index (χ2v) is 3.49. The van der Waals surface area contributed by atoms with Crippen LogP contribution in [0.3, 0.4) is 0 Å². The minimum absolute atomic E-state index is 0.240. The van der Waals surface area contributed by atoms with E-state index in [0.29, 0.717) is 18.6 Å². The Morgan fingerprint density at radius 1 is 1.50 bits per heavy atom. The Morgan fingerprint density at radius 3 is 2.42 bits per heavy atom. The van der Waals surface area contributed by atoms with Crippen molar-refractivity contribution in [3.8, 4) is 0 Å². The van der Waals surface area contributed by atoms with Gasteiger partial charge in [-0.1, -0.05) is 0 Å². The van der Waals surface area contributed by atoms with Crippen LogP contribution >= 0.6 is 0 Å². The number of amides is 1. The van der Waals surface area contributed by atoms with Crippen LogP contribution in [-0.4, -0.2) is 42.5 Å². The van der Waals surface area contributed by atoms with Gasteiger partial charge in [-0.3, -0.25) is 9.69 Å². The number of carbonyl (C=O) groups is 1. The molecular formula is C8H17N3O. The van der Waals surface area contributed by atoms with Gasteiger partial charge in [-0.15, -0.1) is 0 Å². The largest absolute Gasteiger partial charge is 0.369 e. The molecule has 0 aromatic carbocycles. The van der Waals surface area contributed by atoms with Crippen LogP contribution in [0, 0.1) is 0 Å². The molecule has 1 fully saturated rings. The van der Waals surface area contributed by atoms with Gasteiger partial charge in [-0.25, -0.2) is 0 Å². The number of hydrogen-bond donors (Lipinski definition) is 2. The van der Waals surface area contributed by atoms with E-state index in [4.69, 9.17) is 5.73 Å². The molecule has 0 aromatic heterocycles. The Morgan fingerprint density at radius 2 is 2.00 bits per heavy atom. The Kier molecular flexibility index (Phi) is 3.05. The summed E-state index contributed by atoms with van der Waals surface area (Å²) in [6, 6.07) is 0.808. The summed E-state index contributed by atoms with van der Waals surface area (Å²) in [4.78, 5) is 12.9. The summed E-state index contributed by atoms with van der Waals surface area (Å²) in [7, 11) is 0. The lowest BCUT2D eigenvalue weighted by Gasteiger charge is -2.38. The molecule has 4 nitrogen and oxygen atoms in total. The zero-order valence-corrected chi connectivity index (χ0v) is 7.71. The number of rotatable bonds is 2. The number of primary amides is 1. The average Bonchev–Trinajstić information content (AvgIpc) is 1.97. The quantitative estimate of drug-likeness (QED) is 0.569. The van der Waals surface area contributed by atoms with E-state index in [0.717, 1.165) is 13.1 Å². The van der Waals surface area contributed by atoms with Crippen molar-refractivity contribution in [2.45, 2.75) is 25.9 Å². The molecule has 0 bridgehead atoms. The van der Waals surface area contributed by atoms with E-state index in [1.807, 2.05) is 0 Å². The van der Waals surface area contributed by atoms with Crippen molar-refractivity contribution in [1.29, 1.82) is 0 Å². The third-order valence-electron chi connectivity index (χ3n) is 2.35. The van der Waals surface area contributed by atoms with Crippen LogP contribution in [-0.2, 0) is 4.79 Å². The first kappa shape index (κ1) is 9.48. The molecule has 1 amide bonds. The van der Waals surface area contributed by atoms with Gasteiger partial charge in [-0.2, -0.15) is 0 Å². The predicted molar refractivity (Wildman–Crippen MR) is 47.7 cm³/mol. The van der Waals surface area contributed by atoms with Crippen LogP contribution in [0.15, 0.2) is 0 Å². The normalized spacial score (nSPS) is 31.8. The molecule has 12 heavy (non-hydrogen) atoms. The van der Waals surface area contributed by atoms with Gasteiger partial charge in [0, 0.05) is 25.2 Å². The van der Waals surface area contributed by atoms with Crippen LogP contribution in [0.2, 0.25) is 0 Å². The Hall–Kier alpha value is -0.610. The molecule has 4 heteroatoms. The molecule has 1 saturated heterocycles. The minimum atomic E-state index is -0.240. The monoisotopic (exact) mass is 171 g/mol. The Labute approximate surface area is 73.1 Å². The lowest BCUT2D eigenvalue weighted by molar-refractivity contribution is -0.120. The molecule has 1 aliphatic rings. The number of hydrogen-bond acceptors (Lipinski definition) is 3. The van der Waals surface area contributed by atoms with Gasteiger partial charge in [0.05, 0.1) is 6.54 Å². The first-order chi connectivity index (χ1) is 5.61. The zero-order valence-electron chi connectivity index (χ0n) is 7.71. The van der Waals surface area contributed by atoms with Crippen LogP contribution in [0.25, 0.3) is 0 Å². The molecule has 1 heterocycles. The third-order valence-corrected chi connectivity index (χ3v) is 2.35. The van der Waals surface area contributed by atoms with Gasteiger partial charge in [0.15, 0.2) is 0 Å². The van der Waals surface area contributed by atoms with Crippen molar-refractivity contribution in [2.75, 3.05) is 19.6 Å². The second-order valence-electron chi connectivity index (χ2n) is 3.49. The number of nitrogens with zero attached hydrogens (tertiary/aromatic N) is 1. The number of nitrogens with two attached hydrogens (primary N) is 1. The summed E-state index contributed by atoms with van der Waals surface area (Å²) in [5.41, 5.74) is 5.15. The summed E-state index contributed by atoms with van der Waals surface area (Å²) >= 11 is 0. The molecule has 3 N–H and O–H groups in total. The molecule has 0 aromatic rings. The van der Waals surface area contributed by atoms with Crippen LogP contribution < -0.4 is 11.1 Å². The van der Waals surface area contributed by atoms with Crippen molar-refractivity contribution in [3.63, 3.8) is 0 Å². The summed E-state index contributed by atoms with van der Waals surface area (Å²) < 4.78 is 0. The molecule has 0 radical (unpaired) electrons. The van der Waals surface area contributed by atoms with E-state index in [-0.39, 0.29) is 5.91 Å². The Bertz CT molecular complexity index is 162. The summed E-state index contributed by atoms with van der Waals surface area (Å²) in [6.07, 6.45) is 0. The highest BCUT2D eigenvalue weighted by Gasteiger charge is 2.24. The first-order valence-electron chi connectivity index (χ1n) is 4.36. The van der Waals surface area contributed by atoms with Crippen molar-refractivity contribution in [1.82, 2.24) is 10.2 Å². The highest BCUT2D eigenvalue weighted by atomic mass is 16.1. The Balaban J connectivity index is 2.50. The van der Waals surface area contributed by atoms with Gasteiger partial charge >= 0.3 is 0 Å². The number of piperazine rings is 1. The standard InChI is InChI=1S/C8H17N3O/c1-6-3-10-4-7(2)11(6)5-8(9)12/h6-7,10H,3-5H2,1-2H3,(H2,9,12). The van der Waals surface area contributed by atoms with Crippen molar-refractivity contribution in [3.05, 3.63) is 0 Å². The van der Waals surface area contributed by atoms with E-state index < -0.39 is 0 Å². The van der Waals surface area contributed by atoms with Gasteiger partial charge < -0.3 is 11.1 Å². The third kappa shape index (κ3) is 2.19. The number of nitrogens with one attached hydrogen (secondary N) is 1. The van der Waals surface area contributed by atoms with Crippen LogP contribution in [0.1, 0.15) is 13.8 Å². The molecule has 0 saturated carbocycles. The average molecular weight is 171 g/mol. The molecule has 0 aliphatic carbocycles. The minimum Gasteiger partial charge on any atom is -0.369 e. The SMILES string of the molecule is CC1CNCC(C)N1CC(N)=O. The van der Waals surface area contributed by atoms with E-state index >= 15 is 0 Å². The van der Waals surface area contributed by atoms with Gasteiger partial charge in [0.2, 0.25) is 5.91 Å². The number of carbonyl (C=O) groups excluding carboxylic acids is 1. The molecular weight excluding hydrogens is 154 g/mol. The summed E-state index contributed by atoms with van der Waals surface area (Å²) in [5.74, 6) is -0.240. The van der Waals surface area contributed by atoms with Crippen molar-refractivity contribution < 1.29 is 4.79 Å². The maximum Gasteiger partial charge on any atom is 0.231 e. The van der Waals surface area contributed by atoms with E-state index in [1.54, 1.807) is 0 Å². The highest BCUT2D eigenvalue weighted by Crippen LogP contribution is 2.07. The smallest absolute Gasteiger partial charge is 0.231 e. The van der Waals surface area contributed by atoms with E-state index in [2.05, 4.69) is 24.1 Å². The van der Waals surface area contributed by atoms with Crippen LogP contribution in [0.5, 0.6) is 0 Å². The fourth-order valence-corrected chi connectivity index (χ4v) is 1.66. The van der Waals surface area contributed by atoms with Crippen molar-refractivity contribution in [2.24, 2.45) is 5.73 Å². The summed E-state index contributed by atoms with van der Waals surface area (Å²) in [6.45, 7) is 6.47. The maximum atomic E-state index is 10.7. The molecule has 2 unspecified atom stereocenters. The van der Waals surface area contributed by atoms with E-state index in [1.165, 1.54) is 0 Å². The molecule has 70 valence electrons. The zero-order chi connectivity index (χ0) is 9.14. The van der Waals surface area contributed by atoms with Crippen LogP contribution in [0.4, 0.5) is 0 Å². The van der Waals surface area contributed by atoms with Gasteiger partial charge in [-0.05, 0) is 13.8 Å². The van der Waals surface area contributed by atoms with Gasteiger partial charge in [0.1, 0.15) is 0 Å². The fraction of sp³-hybridized carbons (Fsp3) is 0.875. The van der Waals surface area contributed by atoms with Crippen molar-refractivity contribution >= 4 is 5.91 Å². The fourth-order valence-electron chi connectivity index (χ4n) is 1.66. The highest BCUT2D eigenvalue weighted by molar-refractivity contribution is 5.76. The maximum absolute atomic E-state index is 10.7.